The van der Waals surface area contributed by atoms with Crippen LogP contribution in [0, 0.1) is 34.5 Å². The fourth-order valence-corrected chi connectivity index (χ4v) is 9.96. The molecule has 10 nitrogen and oxygen atoms in total. The second kappa shape index (κ2) is 9.92. The molecule has 7 aliphatic rings. The van der Waals surface area contributed by atoms with Crippen molar-refractivity contribution in [3.8, 4) is 6.07 Å². The zero-order chi connectivity index (χ0) is 28.5. The second-order valence-electron chi connectivity index (χ2n) is 14.1. The smallest absolute Gasteiger partial charge is 0.265 e. The number of nitrogens with two attached hydrogens (primary N) is 2. The van der Waals surface area contributed by atoms with Crippen molar-refractivity contribution in [3.05, 3.63) is 34.2 Å². The summed E-state index contributed by atoms with van der Waals surface area (Å²) in [6, 6.07) is 6.37. The maximum atomic E-state index is 13.8. The van der Waals surface area contributed by atoms with E-state index in [9.17, 15) is 19.6 Å². The molecule has 4 N–H and O–H groups in total. The van der Waals surface area contributed by atoms with Crippen LogP contribution in [0.4, 0.5) is 0 Å². The fourth-order valence-electron chi connectivity index (χ4n) is 9.96. The van der Waals surface area contributed by atoms with Crippen LogP contribution in [0.1, 0.15) is 80.7 Å². The van der Waals surface area contributed by atoms with Crippen LogP contribution in [-0.4, -0.2) is 76.1 Å². The number of hydrogen-bond acceptors (Lipinski definition) is 7. The standard InChI is InChI=1S/C31H42N6O4/c32-17-23-11-21-12-25(21)37(23)29(40)27(33)30-13-19-10-20(14-30)16-31(15-19,18-30)41-9-8-35-6-4-22(5-7-35)36-24(28(34)39)2-1-3-26(36)38/h1-3,19-23,25,27H,4-16,18,33H2,(H2,34,39)/t19-,20?,21+,23-,25-,27+,30?,31?/m0/s1. The van der Waals surface area contributed by atoms with Crippen molar-refractivity contribution in [1.29, 1.82) is 5.26 Å². The SMILES string of the molecule is N#C[C@@H]1C[C@@H]2C[C@@H]2N1C(=O)[C@@H](N)C12CC3C[C@H](CC(OCCN4CCC(n5c(C(N)=O)cccc5=O)CC4)(C3)C1)C2. The van der Waals surface area contributed by atoms with E-state index >= 15 is 0 Å². The molecule has 3 heterocycles. The Hall–Kier alpha value is -2.74. The van der Waals surface area contributed by atoms with E-state index < -0.39 is 11.9 Å². The lowest BCUT2D eigenvalue weighted by molar-refractivity contribution is -0.201. The predicted octanol–water partition coefficient (Wildman–Crippen LogP) is 1.78. The zero-order valence-corrected chi connectivity index (χ0v) is 23.7. The Morgan fingerprint density at radius 3 is 2.51 bits per heavy atom. The first-order valence-corrected chi connectivity index (χ1v) is 15.6. The summed E-state index contributed by atoms with van der Waals surface area (Å²) in [7, 11) is 0. The van der Waals surface area contributed by atoms with Crippen molar-refractivity contribution in [2.45, 2.75) is 94.0 Å². The summed E-state index contributed by atoms with van der Waals surface area (Å²) in [6.07, 6.45) is 9.54. The summed E-state index contributed by atoms with van der Waals surface area (Å²) in [4.78, 5) is 42.4. The van der Waals surface area contributed by atoms with Gasteiger partial charge >= 0.3 is 0 Å². The van der Waals surface area contributed by atoms with E-state index in [-0.39, 0.29) is 46.3 Å². The van der Waals surface area contributed by atoms with Crippen LogP contribution < -0.4 is 17.0 Å². The Labute approximate surface area is 241 Å². The van der Waals surface area contributed by atoms with Crippen LogP contribution in [0.15, 0.2) is 23.0 Å². The lowest BCUT2D eigenvalue weighted by Gasteiger charge is -2.63. The number of carbonyl (C=O) groups excluding carboxylic acids is 2. The molecule has 1 aromatic heterocycles. The lowest BCUT2D eigenvalue weighted by Crippen LogP contribution is -2.65. The molecule has 3 unspecified atom stereocenters. The Kier molecular flexibility index (Phi) is 6.56. The van der Waals surface area contributed by atoms with E-state index in [0.717, 1.165) is 77.4 Å². The molecule has 2 saturated heterocycles. The largest absolute Gasteiger partial charge is 0.374 e. The van der Waals surface area contributed by atoms with Crippen LogP contribution in [0.3, 0.4) is 0 Å². The molecule has 1 aromatic rings. The maximum absolute atomic E-state index is 13.8. The van der Waals surface area contributed by atoms with E-state index in [1.165, 1.54) is 12.5 Å². The molecule has 8 rings (SSSR count). The number of primary amides is 1. The number of carbonyl (C=O) groups is 2. The molecule has 4 bridgehead atoms. The Morgan fingerprint density at radius 2 is 1.83 bits per heavy atom. The monoisotopic (exact) mass is 562 g/mol. The Balaban J connectivity index is 0.974. The highest BCUT2D eigenvalue weighted by molar-refractivity contribution is 5.91. The third-order valence-corrected chi connectivity index (χ3v) is 11.5. The lowest BCUT2D eigenvalue weighted by atomic mass is 9.46. The van der Waals surface area contributed by atoms with Crippen LogP contribution in [0.2, 0.25) is 0 Å². The number of amides is 2. The molecule has 5 saturated carbocycles. The highest BCUT2D eigenvalue weighted by Crippen LogP contribution is 2.64. The molecule has 220 valence electrons. The van der Waals surface area contributed by atoms with Crippen molar-refractivity contribution in [3.63, 3.8) is 0 Å². The van der Waals surface area contributed by atoms with Gasteiger partial charge in [-0.1, -0.05) is 6.07 Å². The maximum Gasteiger partial charge on any atom is 0.265 e. The average molecular weight is 563 g/mol. The van der Waals surface area contributed by atoms with Gasteiger partial charge in [0, 0.05) is 37.8 Å². The van der Waals surface area contributed by atoms with Gasteiger partial charge in [-0.05, 0) is 93.4 Å². The molecule has 0 aromatic carbocycles. The first-order chi connectivity index (χ1) is 19.7. The zero-order valence-electron chi connectivity index (χ0n) is 23.7. The summed E-state index contributed by atoms with van der Waals surface area (Å²) in [5.74, 6) is 1.02. The molecule has 2 amide bonds. The van der Waals surface area contributed by atoms with Gasteiger partial charge in [-0.25, -0.2) is 0 Å². The van der Waals surface area contributed by atoms with Crippen molar-refractivity contribution in [2.24, 2.45) is 34.6 Å². The molecule has 41 heavy (non-hydrogen) atoms. The fraction of sp³-hybridized carbons (Fsp3) is 0.742. The first-order valence-electron chi connectivity index (χ1n) is 15.6. The summed E-state index contributed by atoms with van der Waals surface area (Å²) < 4.78 is 8.36. The van der Waals surface area contributed by atoms with Gasteiger partial charge in [-0.15, -0.1) is 0 Å². The van der Waals surface area contributed by atoms with Crippen LogP contribution in [0.5, 0.6) is 0 Å². The molecule has 0 radical (unpaired) electrons. The van der Waals surface area contributed by atoms with Gasteiger partial charge in [0.1, 0.15) is 11.7 Å². The second-order valence-corrected chi connectivity index (χ2v) is 14.1. The Morgan fingerprint density at radius 1 is 1.10 bits per heavy atom. The summed E-state index contributed by atoms with van der Waals surface area (Å²) in [5, 5.41) is 9.66. The molecular weight excluding hydrogens is 520 g/mol. The van der Waals surface area contributed by atoms with Crippen LogP contribution >= 0.6 is 0 Å². The number of piperidine rings is 2. The third kappa shape index (κ3) is 4.61. The van der Waals surface area contributed by atoms with Gasteiger partial charge in [0.25, 0.3) is 11.5 Å². The number of pyridine rings is 1. The molecule has 2 aliphatic heterocycles. The molecule has 5 aliphatic carbocycles. The van der Waals surface area contributed by atoms with E-state index in [1.807, 2.05) is 4.90 Å². The van der Waals surface area contributed by atoms with E-state index in [1.54, 1.807) is 16.7 Å². The summed E-state index contributed by atoms with van der Waals surface area (Å²) in [5.41, 5.74) is 12.1. The number of rotatable bonds is 8. The average Bonchev–Trinajstić information content (AvgIpc) is 3.61. The molecule has 8 atom stereocenters. The van der Waals surface area contributed by atoms with Crippen molar-refractivity contribution in [2.75, 3.05) is 26.2 Å². The topological polar surface area (TPSA) is 148 Å². The molecule has 7 fully saturated rings. The minimum atomic E-state index is -0.574. The summed E-state index contributed by atoms with van der Waals surface area (Å²) in [6.45, 7) is 3.10. The van der Waals surface area contributed by atoms with E-state index in [4.69, 9.17) is 16.2 Å². The van der Waals surface area contributed by atoms with Gasteiger partial charge in [-0.3, -0.25) is 14.4 Å². The minimum Gasteiger partial charge on any atom is -0.374 e. The number of fused-ring (bicyclic) bond motifs is 1. The number of nitriles is 1. The van der Waals surface area contributed by atoms with Crippen molar-refractivity contribution >= 4 is 11.8 Å². The highest BCUT2D eigenvalue weighted by atomic mass is 16.5. The number of ether oxygens (including phenoxy) is 1. The number of hydrogen-bond donors (Lipinski definition) is 2. The van der Waals surface area contributed by atoms with Gasteiger partial charge < -0.3 is 30.6 Å². The van der Waals surface area contributed by atoms with Gasteiger partial charge in [0.2, 0.25) is 5.91 Å². The van der Waals surface area contributed by atoms with E-state index in [0.29, 0.717) is 24.4 Å². The number of nitrogens with zero attached hydrogens (tertiary/aromatic N) is 4. The van der Waals surface area contributed by atoms with Crippen molar-refractivity contribution < 1.29 is 14.3 Å². The van der Waals surface area contributed by atoms with E-state index in [2.05, 4.69) is 11.0 Å². The number of aromatic nitrogens is 1. The third-order valence-electron chi connectivity index (χ3n) is 11.5. The normalized spacial score (nSPS) is 38.4. The first kappa shape index (κ1) is 27.1. The minimum absolute atomic E-state index is 0.00136. The van der Waals surface area contributed by atoms with Crippen LogP contribution in [0.25, 0.3) is 0 Å². The highest BCUT2D eigenvalue weighted by Gasteiger charge is 2.63. The van der Waals surface area contributed by atoms with Crippen molar-refractivity contribution in [1.82, 2.24) is 14.4 Å². The molecule has 10 heteroatoms. The predicted molar refractivity (Wildman–Crippen MR) is 150 cm³/mol. The Bertz CT molecular complexity index is 1310. The molecule has 0 spiro atoms. The van der Waals surface area contributed by atoms with Gasteiger partial charge in [-0.2, -0.15) is 5.26 Å². The molecular formula is C31H42N6O4. The van der Waals surface area contributed by atoms with Gasteiger partial charge in [0.05, 0.1) is 24.3 Å². The quantitative estimate of drug-likeness (QED) is 0.491. The number of likely N-dealkylation sites (tertiary alicyclic amines) is 2. The van der Waals surface area contributed by atoms with Gasteiger partial charge in [0.15, 0.2) is 0 Å². The van der Waals surface area contributed by atoms with Crippen LogP contribution in [-0.2, 0) is 9.53 Å². The summed E-state index contributed by atoms with van der Waals surface area (Å²) >= 11 is 0.